The fraction of sp³-hybridized carbons (Fsp3) is 0.462. The number of primary sulfonamides is 1. The topological polar surface area (TPSA) is 86.5 Å². The Labute approximate surface area is 126 Å². The van der Waals surface area contributed by atoms with Gasteiger partial charge in [-0.05, 0) is 37.0 Å². The minimum Gasteiger partial charge on any atom is -0.462 e. The van der Waals surface area contributed by atoms with E-state index in [1.165, 1.54) is 18.9 Å². The first-order valence-corrected chi connectivity index (χ1v) is 8.63. The summed E-state index contributed by atoms with van der Waals surface area (Å²) in [7, 11) is -3.87. The molecule has 0 heterocycles. The number of hydrogen-bond acceptors (Lipinski definition) is 4. The molecular formula is C13H16BrNO4S. The molecule has 0 aromatic heterocycles. The van der Waals surface area contributed by atoms with Crippen molar-refractivity contribution in [3.05, 3.63) is 27.7 Å². The molecule has 1 aliphatic rings. The van der Waals surface area contributed by atoms with Crippen molar-refractivity contribution in [2.24, 2.45) is 11.1 Å². The lowest BCUT2D eigenvalue weighted by Gasteiger charge is -2.11. The first-order valence-electron chi connectivity index (χ1n) is 6.29. The standard InChI is InChI=1S/C13H16BrNO4S/c1-8-11(13(16)19-5-4-9-2-3-9)6-10(14)7-12(8)20(15,17)18/h6-7,9H,2-5H2,1H3,(H2,15,17,18). The van der Waals surface area contributed by atoms with Crippen LogP contribution < -0.4 is 5.14 Å². The van der Waals surface area contributed by atoms with Gasteiger partial charge in [0.25, 0.3) is 0 Å². The highest BCUT2D eigenvalue weighted by Crippen LogP contribution is 2.32. The minimum absolute atomic E-state index is 0.0685. The average Bonchev–Trinajstić information content (AvgIpc) is 3.14. The van der Waals surface area contributed by atoms with Crippen molar-refractivity contribution in [1.82, 2.24) is 0 Å². The van der Waals surface area contributed by atoms with Crippen LogP contribution in [-0.2, 0) is 14.8 Å². The molecule has 0 amide bonds. The Balaban J connectivity index is 2.21. The summed E-state index contributed by atoms with van der Waals surface area (Å²) < 4.78 is 28.7. The van der Waals surface area contributed by atoms with E-state index in [-0.39, 0.29) is 10.5 Å². The second-order valence-electron chi connectivity index (χ2n) is 4.99. The molecule has 1 aromatic rings. The van der Waals surface area contributed by atoms with Gasteiger partial charge in [-0.25, -0.2) is 18.4 Å². The molecule has 2 rings (SSSR count). The molecule has 0 radical (unpaired) electrons. The number of halogens is 1. The SMILES string of the molecule is Cc1c(C(=O)OCCC2CC2)cc(Br)cc1S(N)(=O)=O. The Kier molecular flexibility index (Phi) is 4.51. The summed E-state index contributed by atoms with van der Waals surface area (Å²) in [6.45, 7) is 1.91. The molecule has 110 valence electrons. The summed E-state index contributed by atoms with van der Waals surface area (Å²) in [5, 5.41) is 5.14. The lowest BCUT2D eigenvalue weighted by Crippen LogP contribution is -2.17. The fourth-order valence-corrected chi connectivity index (χ4v) is 3.40. The van der Waals surface area contributed by atoms with Gasteiger partial charge >= 0.3 is 5.97 Å². The van der Waals surface area contributed by atoms with Gasteiger partial charge in [0.2, 0.25) is 10.0 Å². The number of ether oxygens (including phenoxy) is 1. The van der Waals surface area contributed by atoms with Crippen LogP contribution in [-0.4, -0.2) is 21.0 Å². The van der Waals surface area contributed by atoms with E-state index in [0.717, 1.165) is 6.42 Å². The van der Waals surface area contributed by atoms with Crippen LogP contribution in [0.4, 0.5) is 0 Å². The monoisotopic (exact) mass is 361 g/mol. The van der Waals surface area contributed by atoms with Gasteiger partial charge < -0.3 is 4.74 Å². The van der Waals surface area contributed by atoms with Gasteiger partial charge in [-0.3, -0.25) is 0 Å². The number of hydrogen-bond donors (Lipinski definition) is 1. The third kappa shape index (κ3) is 3.80. The number of carbonyl (C=O) groups excluding carboxylic acids is 1. The van der Waals surface area contributed by atoms with Gasteiger partial charge in [-0.15, -0.1) is 0 Å². The maximum absolute atomic E-state index is 12.0. The zero-order valence-corrected chi connectivity index (χ0v) is 13.5. The van der Waals surface area contributed by atoms with E-state index in [1.807, 2.05) is 0 Å². The van der Waals surface area contributed by atoms with Crippen molar-refractivity contribution in [2.45, 2.75) is 31.1 Å². The predicted octanol–water partition coefficient (Wildman–Crippen LogP) is 2.36. The Bertz CT molecular complexity index is 638. The lowest BCUT2D eigenvalue weighted by molar-refractivity contribution is 0.0493. The molecule has 1 aliphatic carbocycles. The molecular weight excluding hydrogens is 346 g/mol. The van der Waals surface area contributed by atoms with E-state index in [2.05, 4.69) is 15.9 Å². The number of carbonyl (C=O) groups is 1. The second-order valence-corrected chi connectivity index (χ2v) is 7.43. The van der Waals surface area contributed by atoms with Crippen LogP contribution >= 0.6 is 15.9 Å². The Morgan fingerprint density at radius 3 is 2.65 bits per heavy atom. The van der Waals surface area contributed by atoms with E-state index < -0.39 is 16.0 Å². The van der Waals surface area contributed by atoms with E-state index in [9.17, 15) is 13.2 Å². The fourth-order valence-electron chi connectivity index (χ4n) is 1.96. The van der Waals surface area contributed by atoms with Crippen LogP contribution in [0.2, 0.25) is 0 Å². The maximum atomic E-state index is 12.0. The summed E-state index contributed by atoms with van der Waals surface area (Å²) in [4.78, 5) is 12.0. The lowest BCUT2D eigenvalue weighted by atomic mass is 10.1. The zero-order valence-electron chi connectivity index (χ0n) is 11.1. The van der Waals surface area contributed by atoms with Crippen LogP contribution in [0, 0.1) is 12.8 Å². The third-order valence-corrected chi connectivity index (χ3v) is 4.80. The van der Waals surface area contributed by atoms with Gasteiger partial charge in [-0.2, -0.15) is 0 Å². The number of rotatable bonds is 5. The quantitative estimate of drug-likeness (QED) is 0.815. The molecule has 0 atom stereocenters. The number of sulfonamides is 1. The summed E-state index contributed by atoms with van der Waals surface area (Å²) >= 11 is 3.18. The van der Waals surface area contributed by atoms with Crippen molar-refractivity contribution in [2.75, 3.05) is 6.61 Å². The van der Waals surface area contributed by atoms with Crippen molar-refractivity contribution in [3.63, 3.8) is 0 Å². The molecule has 0 unspecified atom stereocenters. The van der Waals surface area contributed by atoms with Crippen LogP contribution in [0.15, 0.2) is 21.5 Å². The molecule has 0 bridgehead atoms. The molecule has 0 saturated heterocycles. The van der Waals surface area contributed by atoms with E-state index in [4.69, 9.17) is 9.88 Å². The van der Waals surface area contributed by atoms with Crippen LogP contribution in [0.25, 0.3) is 0 Å². The first kappa shape index (κ1) is 15.5. The zero-order chi connectivity index (χ0) is 14.9. The molecule has 1 saturated carbocycles. The summed E-state index contributed by atoms with van der Waals surface area (Å²) in [5.41, 5.74) is 0.534. The highest BCUT2D eigenvalue weighted by Gasteiger charge is 2.23. The van der Waals surface area contributed by atoms with E-state index in [0.29, 0.717) is 22.6 Å². The first-order chi connectivity index (χ1) is 9.29. The van der Waals surface area contributed by atoms with Gasteiger partial charge in [0.1, 0.15) is 0 Å². The van der Waals surface area contributed by atoms with Gasteiger partial charge in [-0.1, -0.05) is 28.8 Å². The summed E-state index contributed by atoms with van der Waals surface area (Å²) in [5.74, 6) is 0.153. The Morgan fingerprint density at radius 1 is 1.45 bits per heavy atom. The van der Waals surface area contributed by atoms with Crippen molar-refractivity contribution >= 4 is 31.9 Å². The molecule has 0 spiro atoms. The Hall–Kier alpha value is -0.920. The normalized spacial score (nSPS) is 15.2. The number of benzene rings is 1. The van der Waals surface area contributed by atoms with Gasteiger partial charge in [0.15, 0.2) is 0 Å². The van der Waals surface area contributed by atoms with Crippen molar-refractivity contribution in [1.29, 1.82) is 0 Å². The smallest absolute Gasteiger partial charge is 0.338 e. The van der Waals surface area contributed by atoms with Gasteiger partial charge in [0, 0.05) is 4.47 Å². The molecule has 1 aromatic carbocycles. The van der Waals surface area contributed by atoms with E-state index in [1.54, 1.807) is 13.0 Å². The minimum atomic E-state index is -3.87. The second kappa shape index (κ2) is 5.83. The highest BCUT2D eigenvalue weighted by atomic mass is 79.9. The number of esters is 1. The third-order valence-electron chi connectivity index (χ3n) is 3.31. The van der Waals surface area contributed by atoms with Crippen molar-refractivity contribution < 1.29 is 17.9 Å². The molecule has 1 fully saturated rings. The van der Waals surface area contributed by atoms with Gasteiger partial charge in [0.05, 0.1) is 17.1 Å². The predicted molar refractivity (Wildman–Crippen MR) is 77.9 cm³/mol. The van der Waals surface area contributed by atoms with E-state index >= 15 is 0 Å². The average molecular weight is 362 g/mol. The van der Waals surface area contributed by atoms with Crippen LogP contribution in [0.3, 0.4) is 0 Å². The molecule has 5 nitrogen and oxygen atoms in total. The highest BCUT2D eigenvalue weighted by molar-refractivity contribution is 9.10. The Morgan fingerprint density at radius 2 is 2.10 bits per heavy atom. The van der Waals surface area contributed by atoms with Crippen LogP contribution in [0.5, 0.6) is 0 Å². The van der Waals surface area contributed by atoms with Crippen molar-refractivity contribution in [3.8, 4) is 0 Å². The molecule has 20 heavy (non-hydrogen) atoms. The summed E-state index contributed by atoms with van der Waals surface area (Å²) in [6.07, 6.45) is 3.26. The van der Waals surface area contributed by atoms with Crippen LogP contribution in [0.1, 0.15) is 35.2 Å². The summed E-state index contributed by atoms with van der Waals surface area (Å²) in [6, 6.07) is 2.93. The molecule has 2 N–H and O–H groups in total. The molecule has 7 heteroatoms. The maximum Gasteiger partial charge on any atom is 0.338 e. The largest absolute Gasteiger partial charge is 0.462 e. The number of nitrogens with two attached hydrogens (primary N) is 1. The molecule has 0 aliphatic heterocycles.